The first-order chi connectivity index (χ1) is 12.3. The molecule has 1 heterocycles. The van der Waals surface area contributed by atoms with Gasteiger partial charge < -0.3 is 9.64 Å². The molecule has 1 amide bonds. The number of nitrogens with zero attached hydrogens (tertiary/aromatic N) is 1. The smallest absolute Gasteiger partial charge is 0.416 e. The first-order valence-corrected chi connectivity index (χ1v) is 8.99. The summed E-state index contributed by atoms with van der Waals surface area (Å²) in [4.78, 5) is 26.2. The molecule has 0 bridgehead atoms. The van der Waals surface area contributed by atoms with Crippen molar-refractivity contribution in [3.8, 4) is 0 Å². The number of esters is 1. The van der Waals surface area contributed by atoms with Gasteiger partial charge in [0.2, 0.25) is 0 Å². The summed E-state index contributed by atoms with van der Waals surface area (Å²) in [5, 5.41) is 0. The van der Waals surface area contributed by atoms with Crippen molar-refractivity contribution in [3.05, 3.63) is 35.4 Å². The van der Waals surface area contributed by atoms with Crippen LogP contribution in [-0.2, 0) is 15.7 Å². The van der Waals surface area contributed by atoms with Crippen molar-refractivity contribution in [1.29, 1.82) is 0 Å². The summed E-state index contributed by atoms with van der Waals surface area (Å²) in [7, 11) is 0. The second-order valence-corrected chi connectivity index (χ2v) is 6.46. The number of unbranched alkanes of at least 4 members (excludes halogenated alkanes) is 3. The van der Waals surface area contributed by atoms with E-state index in [9.17, 15) is 22.8 Å². The van der Waals surface area contributed by atoms with Gasteiger partial charge in [-0.15, -0.1) is 0 Å². The van der Waals surface area contributed by atoms with Crippen LogP contribution in [0.2, 0.25) is 0 Å². The molecule has 0 radical (unpaired) electrons. The molecule has 26 heavy (non-hydrogen) atoms. The quantitative estimate of drug-likeness (QED) is 0.526. The van der Waals surface area contributed by atoms with Crippen LogP contribution in [0.15, 0.2) is 24.3 Å². The van der Waals surface area contributed by atoms with Gasteiger partial charge in [-0.3, -0.25) is 4.79 Å². The molecule has 0 aliphatic carbocycles. The average molecular weight is 371 g/mol. The first-order valence-electron chi connectivity index (χ1n) is 8.99. The van der Waals surface area contributed by atoms with E-state index in [-0.39, 0.29) is 5.56 Å². The monoisotopic (exact) mass is 371 g/mol. The van der Waals surface area contributed by atoms with E-state index in [0.717, 1.165) is 37.8 Å². The highest BCUT2D eigenvalue weighted by Gasteiger charge is 2.37. The van der Waals surface area contributed by atoms with Crippen LogP contribution in [0, 0.1) is 0 Å². The van der Waals surface area contributed by atoms with Gasteiger partial charge in [0.05, 0.1) is 12.2 Å². The zero-order valence-electron chi connectivity index (χ0n) is 14.8. The van der Waals surface area contributed by atoms with Gasteiger partial charge in [0.25, 0.3) is 5.91 Å². The van der Waals surface area contributed by atoms with Gasteiger partial charge in [-0.05, 0) is 37.5 Å². The summed E-state index contributed by atoms with van der Waals surface area (Å²) in [6.07, 6.45) is 0.475. The molecule has 7 heteroatoms. The Hall–Kier alpha value is -2.05. The lowest BCUT2D eigenvalue weighted by atomic mass is 10.1. The van der Waals surface area contributed by atoms with Crippen molar-refractivity contribution in [3.63, 3.8) is 0 Å². The van der Waals surface area contributed by atoms with E-state index in [1.54, 1.807) is 0 Å². The summed E-state index contributed by atoms with van der Waals surface area (Å²) >= 11 is 0. The van der Waals surface area contributed by atoms with Crippen molar-refractivity contribution in [1.82, 2.24) is 4.90 Å². The van der Waals surface area contributed by atoms with Gasteiger partial charge in [0.1, 0.15) is 6.04 Å². The molecule has 1 atom stereocenters. The number of rotatable bonds is 7. The van der Waals surface area contributed by atoms with Gasteiger partial charge in [-0.25, -0.2) is 4.79 Å². The van der Waals surface area contributed by atoms with Crippen molar-refractivity contribution < 1.29 is 27.5 Å². The summed E-state index contributed by atoms with van der Waals surface area (Å²) in [6, 6.07) is 3.57. The maximum absolute atomic E-state index is 12.8. The molecule has 0 spiro atoms. The normalized spacial score (nSPS) is 17.4. The Morgan fingerprint density at radius 2 is 2.00 bits per heavy atom. The largest absolute Gasteiger partial charge is 0.464 e. The minimum atomic E-state index is -4.52. The van der Waals surface area contributed by atoms with E-state index in [1.165, 1.54) is 17.0 Å². The number of amides is 1. The molecular formula is C19H24F3NO3. The van der Waals surface area contributed by atoms with E-state index >= 15 is 0 Å². The summed E-state index contributed by atoms with van der Waals surface area (Å²) < 4.78 is 43.8. The summed E-state index contributed by atoms with van der Waals surface area (Å²) in [5.74, 6) is -1.04. The van der Waals surface area contributed by atoms with Gasteiger partial charge in [0, 0.05) is 12.1 Å². The Morgan fingerprint density at radius 3 is 2.69 bits per heavy atom. The van der Waals surface area contributed by atoms with Crippen LogP contribution in [0.1, 0.15) is 61.4 Å². The number of carbonyl (C=O) groups excluding carboxylic acids is 2. The van der Waals surface area contributed by atoms with E-state index in [2.05, 4.69) is 6.92 Å². The van der Waals surface area contributed by atoms with Gasteiger partial charge in [0.15, 0.2) is 0 Å². The van der Waals surface area contributed by atoms with Crippen molar-refractivity contribution >= 4 is 11.9 Å². The van der Waals surface area contributed by atoms with Crippen molar-refractivity contribution in [2.24, 2.45) is 0 Å². The number of alkyl halides is 3. The molecule has 1 saturated heterocycles. The fourth-order valence-corrected chi connectivity index (χ4v) is 3.05. The van der Waals surface area contributed by atoms with Gasteiger partial charge in [-0.1, -0.05) is 32.3 Å². The summed E-state index contributed by atoms with van der Waals surface area (Å²) in [5.41, 5.74) is -0.944. The second-order valence-electron chi connectivity index (χ2n) is 6.46. The van der Waals surface area contributed by atoms with Crippen LogP contribution in [0.25, 0.3) is 0 Å². The topological polar surface area (TPSA) is 46.6 Å². The highest BCUT2D eigenvalue weighted by atomic mass is 19.4. The molecule has 1 aliphatic heterocycles. The van der Waals surface area contributed by atoms with E-state index < -0.39 is 29.7 Å². The van der Waals surface area contributed by atoms with Crippen LogP contribution >= 0.6 is 0 Å². The fourth-order valence-electron chi connectivity index (χ4n) is 3.05. The molecule has 1 fully saturated rings. The lowest BCUT2D eigenvalue weighted by Gasteiger charge is -2.23. The standard InChI is InChI=1S/C19H24F3NO3/c1-2-3-4-5-12-26-18(25)16-10-7-11-23(16)17(24)14-8-6-9-15(13-14)19(20,21)22/h6,8-9,13,16H,2-5,7,10-12H2,1H3. The first kappa shape index (κ1) is 20.3. The molecule has 144 valence electrons. The van der Waals surface area contributed by atoms with Crippen LogP contribution < -0.4 is 0 Å². The van der Waals surface area contributed by atoms with Gasteiger partial charge >= 0.3 is 12.1 Å². The SMILES string of the molecule is CCCCCCOC(=O)C1CCCN1C(=O)c1cccc(C(F)(F)F)c1. The molecule has 0 aromatic heterocycles. The van der Waals surface area contributed by atoms with Crippen LogP contribution in [0.4, 0.5) is 13.2 Å². The zero-order valence-corrected chi connectivity index (χ0v) is 14.8. The molecule has 2 rings (SSSR count). The minimum absolute atomic E-state index is 0.0672. The van der Waals surface area contributed by atoms with Crippen LogP contribution in [0.5, 0.6) is 0 Å². The number of ether oxygens (including phenoxy) is 1. The Kier molecular flexibility index (Phi) is 7.06. The number of benzene rings is 1. The fraction of sp³-hybridized carbons (Fsp3) is 0.579. The average Bonchev–Trinajstić information content (AvgIpc) is 3.10. The third kappa shape index (κ3) is 5.22. The van der Waals surface area contributed by atoms with E-state index in [0.29, 0.717) is 26.0 Å². The lowest BCUT2D eigenvalue weighted by molar-refractivity contribution is -0.148. The Balaban J connectivity index is 2.00. The number of hydrogen-bond donors (Lipinski definition) is 0. The minimum Gasteiger partial charge on any atom is -0.464 e. The number of halogens is 3. The zero-order chi connectivity index (χ0) is 19.2. The highest BCUT2D eigenvalue weighted by Crippen LogP contribution is 2.30. The predicted molar refractivity (Wildman–Crippen MR) is 90.6 cm³/mol. The van der Waals surface area contributed by atoms with E-state index in [1.807, 2.05) is 0 Å². The molecule has 1 aliphatic rings. The third-order valence-corrected chi connectivity index (χ3v) is 4.46. The number of likely N-dealkylation sites (tertiary alicyclic amines) is 1. The summed E-state index contributed by atoms with van der Waals surface area (Å²) in [6.45, 7) is 2.73. The molecule has 1 unspecified atom stereocenters. The third-order valence-electron chi connectivity index (χ3n) is 4.46. The van der Waals surface area contributed by atoms with Crippen LogP contribution in [-0.4, -0.2) is 36.0 Å². The molecule has 1 aromatic rings. The maximum atomic E-state index is 12.8. The number of carbonyl (C=O) groups is 2. The molecular weight excluding hydrogens is 347 g/mol. The van der Waals surface area contributed by atoms with Crippen molar-refractivity contribution in [2.75, 3.05) is 13.2 Å². The highest BCUT2D eigenvalue weighted by molar-refractivity contribution is 5.97. The Morgan fingerprint density at radius 1 is 1.23 bits per heavy atom. The predicted octanol–water partition coefficient (Wildman–Crippen LogP) is 4.43. The molecule has 0 saturated carbocycles. The van der Waals surface area contributed by atoms with E-state index in [4.69, 9.17) is 4.74 Å². The van der Waals surface area contributed by atoms with Gasteiger partial charge in [-0.2, -0.15) is 13.2 Å². The lowest BCUT2D eigenvalue weighted by Crippen LogP contribution is -2.41. The van der Waals surface area contributed by atoms with Crippen molar-refractivity contribution in [2.45, 2.75) is 57.7 Å². The Labute approximate surface area is 151 Å². The maximum Gasteiger partial charge on any atom is 0.416 e. The molecule has 4 nitrogen and oxygen atoms in total. The number of hydrogen-bond acceptors (Lipinski definition) is 3. The second kappa shape index (κ2) is 9.05. The Bertz CT molecular complexity index is 631. The molecule has 1 aromatic carbocycles. The van der Waals surface area contributed by atoms with Crippen LogP contribution in [0.3, 0.4) is 0 Å². The molecule has 0 N–H and O–H groups in total.